The van der Waals surface area contributed by atoms with Crippen molar-refractivity contribution in [2.24, 2.45) is 0 Å². The molecule has 0 atom stereocenters. The fraction of sp³-hybridized carbons (Fsp3) is 0.429. The molecule has 1 aromatic rings. The van der Waals surface area contributed by atoms with Gasteiger partial charge in [-0.05, 0) is 29.0 Å². The van der Waals surface area contributed by atoms with E-state index in [0.717, 1.165) is 12.0 Å². The molecule has 0 amide bonds. The predicted octanol–water partition coefficient (Wildman–Crippen LogP) is 3.53. The summed E-state index contributed by atoms with van der Waals surface area (Å²) < 4.78 is 0. The lowest BCUT2D eigenvalue weighted by atomic mass is 9.85. The van der Waals surface area contributed by atoms with Gasteiger partial charge in [0.15, 0.2) is 0 Å². The first-order valence-corrected chi connectivity index (χ1v) is 5.09. The quantitative estimate of drug-likeness (QED) is 0.589. The maximum absolute atomic E-state index is 5.44. The van der Waals surface area contributed by atoms with E-state index in [0.29, 0.717) is 0 Å². The van der Waals surface area contributed by atoms with Gasteiger partial charge in [-0.15, -0.1) is 6.42 Å². The van der Waals surface area contributed by atoms with Crippen molar-refractivity contribution in [1.82, 2.24) is 0 Å². The molecular formula is C14H18. The monoisotopic (exact) mass is 186 g/mol. The van der Waals surface area contributed by atoms with Crippen LogP contribution in [0.1, 0.15) is 44.4 Å². The number of rotatable bonds is 1. The number of hydrogen-bond donors (Lipinski definition) is 0. The van der Waals surface area contributed by atoms with Crippen molar-refractivity contribution in [2.75, 3.05) is 0 Å². The molecule has 0 unspecified atom stereocenters. The number of benzene rings is 1. The second-order valence-electron chi connectivity index (χ2n) is 4.62. The SMILES string of the molecule is C#Cc1ccc(C(C)(C)C)cc1CC. The molecule has 0 N–H and O–H groups in total. The first-order chi connectivity index (χ1) is 6.49. The van der Waals surface area contributed by atoms with Crippen molar-refractivity contribution < 1.29 is 0 Å². The number of hydrogen-bond acceptors (Lipinski definition) is 0. The Balaban J connectivity index is 3.23. The lowest BCUT2D eigenvalue weighted by Gasteiger charge is -2.20. The minimum absolute atomic E-state index is 0.205. The average molecular weight is 186 g/mol. The molecule has 0 aliphatic rings. The van der Waals surface area contributed by atoms with Crippen molar-refractivity contribution in [3.05, 3.63) is 34.9 Å². The van der Waals surface area contributed by atoms with E-state index >= 15 is 0 Å². The summed E-state index contributed by atoms with van der Waals surface area (Å²) in [6.45, 7) is 8.80. The highest BCUT2D eigenvalue weighted by molar-refractivity contribution is 5.43. The summed E-state index contributed by atoms with van der Waals surface area (Å²) in [6.07, 6.45) is 6.44. The number of terminal acetylenes is 1. The van der Waals surface area contributed by atoms with Gasteiger partial charge >= 0.3 is 0 Å². The van der Waals surface area contributed by atoms with E-state index in [1.807, 2.05) is 0 Å². The Bertz CT molecular complexity index is 359. The number of aryl methyl sites for hydroxylation is 1. The van der Waals surface area contributed by atoms with Crippen LogP contribution in [0.15, 0.2) is 18.2 Å². The highest BCUT2D eigenvalue weighted by Crippen LogP contribution is 2.24. The van der Waals surface area contributed by atoms with Crippen molar-refractivity contribution in [3.63, 3.8) is 0 Å². The molecule has 14 heavy (non-hydrogen) atoms. The van der Waals surface area contributed by atoms with Gasteiger partial charge in [0.25, 0.3) is 0 Å². The Morgan fingerprint density at radius 1 is 1.29 bits per heavy atom. The first-order valence-electron chi connectivity index (χ1n) is 5.09. The van der Waals surface area contributed by atoms with Gasteiger partial charge in [-0.2, -0.15) is 0 Å². The Labute approximate surface area is 87.4 Å². The molecule has 0 aromatic heterocycles. The van der Waals surface area contributed by atoms with Gasteiger partial charge in [0.2, 0.25) is 0 Å². The van der Waals surface area contributed by atoms with Crippen LogP contribution in [0.25, 0.3) is 0 Å². The average Bonchev–Trinajstić information content (AvgIpc) is 2.15. The third kappa shape index (κ3) is 2.17. The zero-order valence-electron chi connectivity index (χ0n) is 9.52. The molecule has 1 rings (SSSR count). The molecule has 0 aliphatic carbocycles. The topological polar surface area (TPSA) is 0 Å². The highest BCUT2D eigenvalue weighted by Gasteiger charge is 2.14. The maximum Gasteiger partial charge on any atom is 0.0274 e. The molecule has 0 aliphatic heterocycles. The fourth-order valence-corrected chi connectivity index (χ4v) is 1.49. The third-order valence-corrected chi connectivity index (χ3v) is 2.51. The van der Waals surface area contributed by atoms with Crippen LogP contribution in [-0.2, 0) is 11.8 Å². The highest BCUT2D eigenvalue weighted by atomic mass is 14.2. The molecule has 0 heterocycles. The zero-order valence-corrected chi connectivity index (χ0v) is 9.52. The van der Waals surface area contributed by atoms with Gasteiger partial charge in [-0.25, -0.2) is 0 Å². The first kappa shape index (κ1) is 10.9. The summed E-state index contributed by atoms with van der Waals surface area (Å²) in [5, 5.41) is 0. The van der Waals surface area contributed by atoms with E-state index in [4.69, 9.17) is 6.42 Å². The van der Waals surface area contributed by atoms with Crippen LogP contribution < -0.4 is 0 Å². The summed E-state index contributed by atoms with van der Waals surface area (Å²) >= 11 is 0. The minimum atomic E-state index is 0.205. The molecule has 0 radical (unpaired) electrons. The van der Waals surface area contributed by atoms with Gasteiger partial charge in [-0.3, -0.25) is 0 Å². The zero-order chi connectivity index (χ0) is 10.8. The van der Waals surface area contributed by atoms with Crippen LogP contribution >= 0.6 is 0 Å². The molecule has 0 bridgehead atoms. The molecule has 0 fully saturated rings. The van der Waals surface area contributed by atoms with E-state index < -0.39 is 0 Å². The van der Waals surface area contributed by atoms with E-state index in [2.05, 4.69) is 51.8 Å². The van der Waals surface area contributed by atoms with Crippen LogP contribution in [0.3, 0.4) is 0 Å². The second-order valence-corrected chi connectivity index (χ2v) is 4.62. The Morgan fingerprint density at radius 2 is 1.93 bits per heavy atom. The maximum atomic E-state index is 5.44. The van der Waals surface area contributed by atoms with E-state index in [1.165, 1.54) is 11.1 Å². The molecule has 74 valence electrons. The summed E-state index contributed by atoms with van der Waals surface area (Å²) in [5.41, 5.74) is 3.87. The van der Waals surface area contributed by atoms with Gasteiger partial charge < -0.3 is 0 Å². The van der Waals surface area contributed by atoms with Crippen LogP contribution in [0.4, 0.5) is 0 Å². The van der Waals surface area contributed by atoms with Crippen LogP contribution in [0, 0.1) is 12.3 Å². The van der Waals surface area contributed by atoms with Crippen molar-refractivity contribution in [3.8, 4) is 12.3 Å². The second kappa shape index (κ2) is 3.88. The van der Waals surface area contributed by atoms with Gasteiger partial charge in [-0.1, -0.05) is 45.7 Å². The fourth-order valence-electron chi connectivity index (χ4n) is 1.49. The predicted molar refractivity (Wildman–Crippen MR) is 62.5 cm³/mol. The van der Waals surface area contributed by atoms with Crippen LogP contribution in [-0.4, -0.2) is 0 Å². The standard InChI is InChI=1S/C14H18/c1-6-11-8-9-13(14(3,4)5)10-12(11)7-2/h1,8-10H,7H2,2-5H3. The lowest BCUT2D eigenvalue weighted by Crippen LogP contribution is -2.11. The van der Waals surface area contributed by atoms with E-state index in [1.54, 1.807) is 0 Å². The minimum Gasteiger partial charge on any atom is -0.115 e. The van der Waals surface area contributed by atoms with Crippen molar-refractivity contribution in [1.29, 1.82) is 0 Å². The molecular weight excluding hydrogens is 168 g/mol. The van der Waals surface area contributed by atoms with Crippen molar-refractivity contribution in [2.45, 2.75) is 39.5 Å². The Morgan fingerprint density at radius 3 is 2.36 bits per heavy atom. The molecule has 0 heteroatoms. The summed E-state index contributed by atoms with van der Waals surface area (Å²) in [5.74, 6) is 2.73. The van der Waals surface area contributed by atoms with Gasteiger partial charge in [0.05, 0.1) is 0 Å². The lowest BCUT2D eigenvalue weighted by molar-refractivity contribution is 0.589. The van der Waals surface area contributed by atoms with E-state index in [9.17, 15) is 0 Å². The summed E-state index contributed by atoms with van der Waals surface area (Å²) in [7, 11) is 0. The van der Waals surface area contributed by atoms with Gasteiger partial charge in [0.1, 0.15) is 0 Å². The Hall–Kier alpha value is -1.22. The molecule has 0 saturated heterocycles. The normalized spacial score (nSPS) is 11.1. The Kier molecular flexibility index (Phi) is 3.01. The van der Waals surface area contributed by atoms with E-state index in [-0.39, 0.29) is 5.41 Å². The molecule has 0 nitrogen and oxygen atoms in total. The largest absolute Gasteiger partial charge is 0.115 e. The summed E-state index contributed by atoms with van der Waals surface area (Å²) in [4.78, 5) is 0. The third-order valence-electron chi connectivity index (χ3n) is 2.51. The molecule has 1 aromatic carbocycles. The summed E-state index contributed by atoms with van der Waals surface area (Å²) in [6, 6.07) is 6.42. The van der Waals surface area contributed by atoms with Gasteiger partial charge in [0, 0.05) is 5.56 Å². The van der Waals surface area contributed by atoms with Crippen molar-refractivity contribution >= 4 is 0 Å². The molecule has 0 spiro atoms. The molecule has 0 saturated carbocycles. The smallest absolute Gasteiger partial charge is 0.0274 e. The van der Waals surface area contributed by atoms with Crippen LogP contribution in [0.2, 0.25) is 0 Å². The van der Waals surface area contributed by atoms with Crippen LogP contribution in [0.5, 0.6) is 0 Å².